The molecule has 6 nitrogen and oxygen atoms in total. The summed E-state index contributed by atoms with van der Waals surface area (Å²) in [5.74, 6) is -4.03. The van der Waals surface area contributed by atoms with Crippen LogP contribution >= 0.6 is 0 Å². The van der Waals surface area contributed by atoms with Crippen molar-refractivity contribution in [2.75, 3.05) is 0 Å². The zero-order chi connectivity index (χ0) is 15.8. The van der Waals surface area contributed by atoms with Gasteiger partial charge in [0, 0.05) is 12.0 Å². The summed E-state index contributed by atoms with van der Waals surface area (Å²) < 4.78 is 67.4. The van der Waals surface area contributed by atoms with Crippen LogP contribution in [-0.2, 0) is 25.5 Å². The summed E-state index contributed by atoms with van der Waals surface area (Å²) in [5, 5.41) is 10.9. The van der Waals surface area contributed by atoms with Crippen LogP contribution in [0.1, 0.15) is 5.56 Å². The highest BCUT2D eigenvalue weighted by atomic mass is 32.2. The van der Waals surface area contributed by atoms with Crippen LogP contribution in [-0.4, -0.2) is 19.9 Å². The van der Waals surface area contributed by atoms with E-state index in [0.29, 0.717) is 0 Å². The molecule has 0 atom stereocenters. The van der Waals surface area contributed by atoms with E-state index in [9.17, 15) is 31.5 Å². The SMILES string of the molecule is O=C([O-])C1=C(OS(=O)(=O)C(F)(F)F)Cc2ccccc2O1. The summed E-state index contributed by atoms with van der Waals surface area (Å²) in [6.07, 6.45) is -0.491. The molecule has 10 heteroatoms. The van der Waals surface area contributed by atoms with Gasteiger partial charge < -0.3 is 18.8 Å². The van der Waals surface area contributed by atoms with Crippen LogP contribution in [0.15, 0.2) is 35.8 Å². The lowest BCUT2D eigenvalue weighted by atomic mass is 10.1. The van der Waals surface area contributed by atoms with E-state index in [1.54, 1.807) is 0 Å². The fraction of sp³-hybridized carbons (Fsp3) is 0.182. The van der Waals surface area contributed by atoms with Crippen molar-refractivity contribution in [2.45, 2.75) is 11.9 Å². The van der Waals surface area contributed by atoms with Crippen molar-refractivity contribution < 1.29 is 40.4 Å². The van der Waals surface area contributed by atoms with Crippen molar-refractivity contribution in [1.82, 2.24) is 0 Å². The Labute approximate surface area is 116 Å². The number of alkyl halides is 3. The number of carboxylic acid groups (broad SMARTS) is 1. The van der Waals surface area contributed by atoms with Gasteiger partial charge in [0.2, 0.25) is 0 Å². The van der Waals surface area contributed by atoms with Gasteiger partial charge in [0.05, 0.1) is 0 Å². The highest BCUT2D eigenvalue weighted by Gasteiger charge is 2.49. The largest absolute Gasteiger partial charge is 0.541 e. The van der Waals surface area contributed by atoms with Gasteiger partial charge in [-0.3, -0.25) is 0 Å². The predicted molar refractivity (Wildman–Crippen MR) is 58.9 cm³/mol. The van der Waals surface area contributed by atoms with Crippen LogP contribution < -0.4 is 9.84 Å². The average Bonchev–Trinajstić information content (AvgIpc) is 2.35. The lowest BCUT2D eigenvalue weighted by Crippen LogP contribution is -2.33. The second kappa shape index (κ2) is 4.95. The number of para-hydroxylation sites is 1. The third-order valence-electron chi connectivity index (χ3n) is 2.47. The number of carbonyl (C=O) groups excluding carboxylic acids is 1. The van der Waals surface area contributed by atoms with E-state index in [-0.39, 0.29) is 11.3 Å². The van der Waals surface area contributed by atoms with Gasteiger partial charge in [-0.25, -0.2) is 0 Å². The van der Waals surface area contributed by atoms with Crippen LogP contribution in [0.25, 0.3) is 0 Å². The molecule has 0 aliphatic carbocycles. The van der Waals surface area contributed by atoms with E-state index in [4.69, 9.17) is 4.74 Å². The molecule has 0 radical (unpaired) electrons. The highest BCUT2D eigenvalue weighted by molar-refractivity contribution is 7.87. The first-order chi connectivity index (χ1) is 9.62. The first-order valence-corrected chi connectivity index (χ1v) is 6.73. The molecule has 0 unspecified atom stereocenters. The molecule has 2 rings (SSSR count). The van der Waals surface area contributed by atoms with Crippen molar-refractivity contribution in [1.29, 1.82) is 0 Å². The summed E-state index contributed by atoms with van der Waals surface area (Å²) in [5.41, 5.74) is -5.41. The molecule has 0 N–H and O–H groups in total. The molecule has 0 aromatic heterocycles. The molecule has 114 valence electrons. The normalized spacial score (nSPS) is 15.2. The van der Waals surface area contributed by atoms with Crippen LogP contribution in [0, 0.1) is 0 Å². The minimum Gasteiger partial charge on any atom is -0.541 e. The minimum atomic E-state index is -6.00. The Morgan fingerprint density at radius 3 is 2.48 bits per heavy atom. The van der Waals surface area contributed by atoms with E-state index >= 15 is 0 Å². The third kappa shape index (κ3) is 2.94. The Balaban J connectivity index is 2.43. The number of aliphatic carboxylic acids is 1. The van der Waals surface area contributed by atoms with Crippen LogP contribution in [0.3, 0.4) is 0 Å². The van der Waals surface area contributed by atoms with E-state index in [1.807, 2.05) is 0 Å². The third-order valence-corrected chi connectivity index (χ3v) is 3.46. The standard InChI is InChI=1S/C11H7F3O6S/c12-11(13,14)21(17,18)20-8-5-6-3-1-2-4-7(6)19-9(8)10(15)16/h1-4H,5H2,(H,15,16)/p-1. The number of halogens is 3. The molecule has 0 bridgehead atoms. The van der Waals surface area contributed by atoms with Gasteiger partial charge in [0.15, 0.2) is 11.5 Å². The highest BCUT2D eigenvalue weighted by Crippen LogP contribution is 2.34. The van der Waals surface area contributed by atoms with Crippen LogP contribution in [0.2, 0.25) is 0 Å². The number of hydrogen-bond donors (Lipinski definition) is 0. The van der Waals surface area contributed by atoms with Gasteiger partial charge in [-0.15, -0.1) is 0 Å². The molecule has 1 aromatic carbocycles. The molecule has 0 saturated carbocycles. The quantitative estimate of drug-likeness (QED) is 0.592. The lowest BCUT2D eigenvalue weighted by Gasteiger charge is -2.23. The fourth-order valence-electron chi connectivity index (χ4n) is 1.57. The van der Waals surface area contributed by atoms with Gasteiger partial charge in [-0.1, -0.05) is 18.2 Å². The number of allylic oxidation sites excluding steroid dienone is 1. The van der Waals surface area contributed by atoms with E-state index < -0.39 is 39.5 Å². The Morgan fingerprint density at radius 2 is 1.90 bits per heavy atom. The average molecular weight is 323 g/mol. The number of rotatable bonds is 3. The molecule has 21 heavy (non-hydrogen) atoms. The maximum Gasteiger partial charge on any atom is 0.534 e. The number of benzene rings is 1. The zero-order valence-electron chi connectivity index (χ0n) is 10.0. The zero-order valence-corrected chi connectivity index (χ0v) is 10.8. The van der Waals surface area contributed by atoms with Gasteiger partial charge >= 0.3 is 15.6 Å². The molecule has 1 aromatic rings. The van der Waals surface area contributed by atoms with Crippen molar-refractivity contribution >= 4 is 16.1 Å². The molecule has 0 fully saturated rings. The molecule has 1 aliphatic heterocycles. The van der Waals surface area contributed by atoms with Gasteiger partial charge in [-0.05, 0) is 6.07 Å². The lowest BCUT2D eigenvalue weighted by molar-refractivity contribution is -0.302. The van der Waals surface area contributed by atoms with Crippen LogP contribution in [0.4, 0.5) is 13.2 Å². The van der Waals surface area contributed by atoms with E-state index in [0.717, 1.165) is 0 Å². The maximum absolute atomic E-state index is 12.3. The number of carboxylic acids is 1. The molecule has 1 heterocycles. The van der Waals surface area contributed by atoms with Gasteiger partial charge in [0.1, 0.15) is 11.7 Å². The summed E-state index contributed by atoms with van der Waals surface area (Å²) in [6.45, 7) is 0. The topological polar surface area (TPSA) is 92.7 Å². The number of carbonyl (C=O) groups is 1. The van der Waals surface area contributed by atoms with Crippen LogP contribution in [0.5, 0.6) is 5.75 Å². The summed E-state index contributed by atoms with van der Waals surface area (Å²) in [4.78, 5) is 10.9. The Morgan fingerprint density at radius 1 is 1.29 bits per heavy atom. The van der Waals surface area contributed by atoms with E-state index in [2.05, 4.69) is 4.18 Å². The summed E-state index contributed by atoms with van der Waals surface area (Å²) in [7, 11) is -6.00. The van der Waals surface area contributed by atoms with Crippen molar-refractivity contribution in [3.05, 3.63) is 41.3 Å². The predicted octanol–water partition coefficient (Wildman–Crippen LogP) is 0.449. The molecular formula is C11H6F3O6S-. The van der Waals surface area contributed by atoms with Crippen molar-refractivity contribution in [2.24, 2.45) is 0 Å². The second-order valence-electron chi connectivity index (χ2n) is 3.91. The molecular weight excluding hydrogens is 317 g/mol. The molecule has 0 saturated heterocycles. The molecule has 1 aliphatic rings. The summed E-state index contributed by atoms with van der Waals surface area (Å²) >= 11 is 0. The van der Waals surface area contributed by atoms with Gasteiger partial charge in [-0.2, -0.15) is 21.6 Å². The number of fused-ring (bicyclic) bond motifs is 1. The Bertz CT molecular complexity index is 720. The molecule has 0 amide bonds. The monoisotopic (exact) mass is 323 g/mol. The Kier molecular flexibility index (Phi) is 3.58. The smallest absolute Gasteiger partial charge is 0.534 e. The Hall–Kier alpha value is -2.23. The minimum absolute atomic E-state index is 0.0634. The first kappa shape index (κ1) is 15.2. The number of ether oxygens (including phenoxy) is 1. The number of hydrogen-bond acceptors (Lipinski definition) is 6. The van der Waals surface area contributed by atoms with Crippen molar-refractivity contribution in [3.63, 3.8) is 0 Å². The molecule has 0 spiro atoms. The second-order valence-corrected chi connectivity index (χ2v) is 5.45. The fourth-order valence-corrected chi connectivity index (χ4v) is 2.07. The van der Waals surface area contributed by atoms with Crippen molar-refractivity contribution in [3.8, 4) is 5.75 Å². The maximum atomic E-state index is 12.3. The summed E-state index contributed by atoms with van der Waals surface area (Å²) in [6, 6.07) is 5.81. The van der Waals surface area contributed by atoms with Gasteiger partial charge in [0.25, 0.3) is 0 Å². The first-order valence-electron chi connectivity index (χ1n) is 5.33. The van der Waals surface area contributed by atoms with E-state index in [1.165, 1.54) is 24.3 Å².